The number of fused-ring (bicyclic) bond motifs is 6. The number of aryl methyl sites for hydroxylation is 3. The quantitative estimate of drug-likeness (QED) is 0.145. The molecule has 0 N–H and O–H groups in total. The van der Waals surface area contributed by atoms with Crippen LogP contribution in [0.15, 0.2) is 152 Å². The van der Waals surface area contributed by atoms with Crippen LogP contribution in [0.5, 0.6) is 0 Å². The molecule has 0 heteroatoms. The monoisotopic (exact) mass is 636 g/mol. The third-order valence-electron chi connectivity index (χ3n) is 10.7. The fraction of sp³-hybridized carbons (Fsp3) is 0.184. The van der Waals surface area contributed by atoms with Crippen LogP contribution in [-0.2, 0) is 5.41 Å². The summed E-state index contributed by atoms with van der Waals surface area (Å²) in [6, 6.07) is 54.4. The van der Waals surface area contributed by atoms with Gasteiger partial charge in [0.2, 0.25) is 0 Å². The van der Waals surface area contributed by atoms with Crippen LogP contribution in [0.4, 0.5) is 0 Å². The molecule has 0 spiro atoms. The Bertz CT molecular complexity index is 2200. The van der Waals surface area contributed by atoms with E-state index in [1.54, 1.807) is 0 Å². The lowest BCUT2D eigenvalue weighted by atomic mass is 9.66. The highest BCUT2D eigenvalue weighted by Crippen LogP contribution is 2.46. The highest BCUT2D eigenvalue weighted by atomic mass is 14.4. The molecule has 0 saturated heterocycles. The molecule has 0 unspecified atom stereocenters. The topological polar surface area (TPSA) is 0 Å². The zero-order valence-corrected chi connectivity index (χ0v) is 29.0. The summed E-state index contributed by atoms with van der Waals surface area (Å²) in [4.78, 5) is 0. The summed E-state index contributed by atoms with van der Waals surface area (Å²) in [7, 11) is 0. The maximum absolute atomic E-state index is 2.33. The van der Waals surface area contributed by atoms with E-state index in [0.29, 0.717) is 5.92 Å². The van der Waals surface area contributed by atoms with E-state index >= 15 is 0 Å². The summed E-state index contributed by atoms with van der Waals surface area (Å²) in [5.41, 5.74) is 10.2. The van der Waals surface area contributed by atoms with E-state index in [1.807, 2.05) is 0 Å². The molecule has 0 aliphatic heterocycles. The highest BCUT2D eigenvalue weighted by Gasteiger charge is 2.34. The van der Waals surface area contributed by atoms with Crippen LogP contribution in [0.1, 0.15) is 73.1 Å². The smallest absolute Gasteiger partial charge is 0.0152 e. The molecule has 1 aliphatic carbocycles. The zero-order chi connectivity index (χ0) is 33.4. The first-order valence-electron chi connectivity index (χ1n) is 17.2. The van der Waals surface area contributed by atoms with Crippen LogP contribution in [-0.4, -0.2) is 0 Å². The first kappa shape index (κ1) is 33.7. The predicted molar refractivity (Wildman–Crippen MR) is 216 cm³/mol. The van der Waals surface area contributed by atoms with Crippen LogP contribution in [0.2, 0.25) is 0 Å². The molecular formula is C49H48. The van der Waals surface area contributed by atoms with Gasteiger partial charge in [0.25, 0.3) is 0 Å². The summed E-state index contributed by atoms with van der Waals surface area (Å²) in [5.74, 6) is 0.510. The van der Waals surface area contributed by atoms with Crippen LogP contribution in [0, 0.1) is 20.8 Å². The Hall–Kier alpha value is -5.20. The van der Waals surface area contributed by atoms with Gasteiger partial charge >= 0.3 is 0 Å². The molecule has 0 aromatic heterocycles. The number of benzene rings is 8. The van der Waals surface area contributed by atoms with Crippen molar-refractivity contribution >= 4 is 43.1 Å². The predicted octanol–water partition coefficient (Wildman–Crippen LogP) is 14.0. The molecule has 8 aromatic carbocycles. The molecule has 0 bridgehead atoms. The first-order chi connectivity index (χ1) is 23.3. The van der Waals surface area contributed by atoms with Gasteiger partial charge in [-0.25, -0.2) is 0 Å². The van der Waals surface area contributed by atoms with E-state index in [1.165, 1.54) is 82.0 Å². The summed E-state index contributed by atoms with van der Waals surface area (Å²) < 4.78 is 0. The molecule has 0 saturated carbocycles. The van der Waals surface area contributed by atoms with E-state index in [0.717, 1.165) is 0 Å². The number of rotatable bonds is 0. The Kier molecular flexibility index (Phi) is 9.44. The maximum atomic E-state index is 2.33. The molecule has 8 aromatic rings. The van der Waals surface area contributed by atoms with Gasteiger partial charge in [-0.05, 0) is 109 Å². The van der Waals surface area contributed by atoms with Gasteiger partial charge < -0.3 is 0 Å². The second-order valence-corrected chi connectivity index (χ2v) is 13.8. The van der Waals surface area contributed by atoms with Crippen molar-refractivity contribution in [3.05, 3.63) is 191 Å². The molecule has 0 radical (unpaired) electrons. The van der Waals surface area contributed by atoms with Gasteiger partial charge in [-0.2, -0.15) is 0 Å². The fourth-order valence-corrected chi connectivity index (χ4v) is 8.01. The standard InChI is InChI=1S/C17H18.C16H14.C15H12.CH4/c1-12-13-8-4-6-10-15(13)17(2,3)16-11-7-5-9-14(12)16;1-11-13-7-3-5-9-15(13)12(2)16-10-6-4-8-14(11)16;1-11-14-8-4-2-6-12(14)10-13-7-3-5-9-15(11)13;/h4-12H,1-3H3;3-10H,1-2H3;2-10H,1H3;1H4. The van der Waals surface area contributed by atoms with E-state index in [-0.39, 0.29) is 12.8 Å². The SMILES string of the molecule is C.CC1c2ccccc2C(C)(C)c2ccccc21.Cc1c2ccccc2c(C)c2ccccc12.Cc1c2ccccc2cc2ccccc12. The Morgan fingerprint density at radius 1 is 0.388 bits per heavy atom. The van der Waals surface area contributed by atoms with Crippen LogP contribution in [0.3, 0.4) is 0 Å². The zero-order valence-electron chi connectivity index (χ0n) is 29.0. The minimum Gasteiger partial charge on any atom is -0.0776 e. The number of hydrogen-bond acceptors (Lipinski definition) is 0. The van der Waals surface area contributed by atoms with Gasteiger partial charge in [0, 0.05) is 11.3 Å². The van der Waals surface area contributed by atoms with Crippen molar-refractivity contribution in [2.75, 3.05) is 0 Å². The van der Waals surface area contributed by atoms with Gasteiger partial charge in [-0.3, -0.25) is 0 Å². The highest BCUT2D eigenvalue weighted by molar-refractivity contribution is 6.05. The summed E-state index contributed by atoms with van der Waals surface area (Å²) in [5, 5.41) is 10.9. The molecule has 0 nitrogen and oxygen atoms in total. The van der Waals surface area contributed by atoms with E-state index < -0.39 is 0 Å². The van der Waals surface area contributed by atoms with Gasteiger partial charge in [0.05, 0.1) is 0 Å². The molecule has 244 valence electrons. The van der Waals surface area contributed by atoms with E-state index in [9.17, 15) is 0 Å². The van der Waals surface area contributed by atoms with Crippen molar-refractivity contribution in [2.24, 2.45) is 0 Å². The molecule has 9 rings (SSSR count). The molecule has 0 fully saturated rings. The van der Waals surface area contributed by atoms with Crippen molar-refractivity contribution in [3.63, 3.8) is 0 Å². The molecule has 0 atom stereocenters. The minimum atomic E-state index is 0. The Balaban J connectivity index is 0.000000126. The summed E-state index contributed by atoms with van der Waals surface area (Å²) in [6.07, 6.45) is 0. The van der Waals surface area contributed by atoms with Crippen molar-refractivity contribution in [1.29, 1.82) is 0 Å². The van der Waals surface area contributed by atoms with E-state index in [2.05, 4.69) is 193 Å². The van der Waals surface area contributed by atoms with Crippen LogP contribution >= 0.6 is 0 Å². The normalized spacial score (nSPS) is 13.0. The van der Waals surface area contributed by atoms with Crippen molar-refractivity contribution < 1.29 is 0 Å². The molecule has 49 heavy (non-hydrogen) atoms. The second kappa shape index (κ2) is 13.7. The third-order valence-corrected chi connectivity index (χ3v) is 10.7. The summed E-state index contributed by atoms with van der Waals surface area (Å²) >= 11 is 0. The van der Waals surface area contributed by atoms with Gasteiger partial charge in [-0.15, -0.1) is 0 Å². The third kappa shape index (κ3) is 6.02. The van der Waals surface area contributed by atoms with Gasteiger partial charge in [0.15, 0.2) is 0 Å². The Morgan fingerprint density at radius 3 is 1.06 bits per heavy atom. The lowest BCUT2D eigenvalue weighted by Gasteiger charge is -2.38. The lowest BCUT2D eigenvalue weighted by Crippen LogP contribution is -2.28. The second-order valence-electron chi connectivity index (χ2n) is 13.8. The largest absolute Gasteiger partial charge is 0.0776 e. The average Bonchev–Trinajstić information content (AvgIpc) is 3.14. The fourth-order valence-electron chi connectivity index (χ4n) is 8.01. The van der Waals surface area contributed by atoms with Crippen molar-refractivity contribution in [1.82, 2.24) is 0 Å². The van der Waals surface area contributed by atoms with Crippen LogP contribution in [0.25, 0.3) is 43.1 Å². The molecular weight excluding hydrogens is 589 g/mol. The van der Waals surface area contributed by atoms with Gasteiger partial charge in [0.1, 0.15) is 0 Å². The molecule has 1 aliphatic rings. The minimum absolute atomic E-state index is 0. The Morgan fingerprint density at radius 2 is 0.673 bits per heavy atom. The lowest BCUT2D eigenvalue weighted by molar-refractivity contribution is 0.591. The average molecular weight is 637 g/mol. The number of hydrogen-bond donors (Lipinski definition) is 0. The summed E-state index contributed by atoms with van der Waals surface area (Å²) in [6.45, 7) is 13.6. The maximum Gasteiger partial charge on any atom is 0.0152 e. The van der Waals surface area contributed by atoms with Gasteiger partial charge in [-0.1, -0.05) is 174 Å². The first-order valence-corrected chi connectivity index (χ1v) is 17.2. The Labute approximate surface area is 293 Å². The van der Waals surface area contributed by atoms with Crippen LogP contribution < -0.4 is 0 Å². The van der Waals surface area contributed by atoms with Crippen molar-refractivity contribution in [3.8, 4) is 0 Å². The molecule has 0 amide bonds. The molecule has 0 heterocycles. The van der Waals surface area contributed by atoms with Crippen molar-refractivity contribution in [2.45, 2.75) is 60.3 Å². The van der Waals surface area contributed by atoms with E-state index in [4.69, 9.17) is 0 Å².